The van der Waals surface area contributed by atoms with E-state index in [0.29, 0.717) is 6.54 Å². The van der Waals surface area contributed by atoms with Gasteiger partial charge in [-0.1, -0.05) is 41.9 Å². The Morgan fingerprint density at radius 2 is 1.68 bits per heavy atom. The molecule has 0 aliphatic heterocycles. The first-order valence-corrected chi connectivity index (χ1v) is 9.96. The average molecular weight is 391 g/mol. The maximum atomic E-state index is 6.27. The third-order valence-corrected chi connectivity index (χ3v) is 5.09. The first kappa shape index (κ1) is 18.6. The number of para-hydroxylation sites is 1. The fourth-order valence-electron chi connectivity index (χ4n) is 3.51. The van der Waals surface area contributed by atoms with Crippen LogP contribution in [0, 0.1) is 0 Å². The monoisotopic (exact) mass is 390 g/mol. The Hall–Kier alpha value is -2.75. The van der Waals surface area contributed by atoms with E-state index in [1.54, 1.807) is 0 Å². The Kier molecular flexibility index (Phi) is 5.65. The van der Waals surface area contributed by atoms with E-state index in [4.69, 9.17) is 22.1 Å². The molecule has 3 N–H and O–H groups in total. The van der Waals surface area contributed by atoms with E-state index in [1.165, 1.54) is 10.9 Å². The van der Waals surface area contributed by atoms with E-state index < -0.39 is 0 Å². The number of ether oxygens (including phenoxy) is 1. The van der Waals surface area contributed by atoms with E-state index in [2.05, 4.69) is 17.1 Å². The summed E-state index contributed by atoms with van der Waals surface area (Å²) in [6.07, 6.45) is 3.00. The van der Waals surface area contributed by atoms with Crippen LogP contribution >= 0.6 is 11.6 Å². The summed E-state index contributed by atoms with van der Waals surface area (Å²) in [5, 5.41) is 1.92. The van der Waals surface area contributed by atoms with Gasteiger partial charge < -0.3 is 15.5 Å². The number of aromatic nitrogens is 1. The number of aromatic amines is 1. The van der Waals surface area contributed by atoms with E-state index in [1.807, 2.05) is 60.7 Å². The second kappa shape index (κ2) is 8.51. The molecule has 0 aliphatic rings. The van der Waals surface area contributed by atoms with Gasteiger partial charge in [-0.15, -0.1) is 0 Å². The standard InChI is InChI=1S/C24H23ClN2O/c25-18-12-13-23-22(16-18)21(11-4-5-14-26)24(27-23)17-7-6-10-20(15-17)28-19-8-2-1-3-9-19/h1-3,6-10,12-13,15-16,27H,4-5,11,14,26H2. The molecule has 0 bridgehead atoms. The molecule has 0 saturated carbocycles. The van der Waals surface area contributed by atoms with Gasteiger partial charge in [0.25, 0.3) is 0 Å². The molecule has 0 radical (unpaired) electrons. The lowest BCUT2D eigenvalue weighted by atomic mass is 10.00. The van der Waals surface area contributed by atoms with Crippen molar-refractivity contribution in [1.29, 1.82) is 0 Å². The van der Waals surface area contributed by atoms with Crippen molar-refractivity contribution in [3.63, 3.8) is 0 Å². The van der Waals surface area contributed by atoms with Gasteiger partial charge in [-0.3, -0.25) is 0 Å². The van der Waals surface area contributed by atoms with Crippen LogP contribution in [0.3, 0.4) is 0 Å². The minimum absolute atomic E-state index is 0.707. The van der Waals surface area contributed by atoms with Crippen LogP contribution in [0.1, 0.15) is 18.4 Å². The number of nitrogens with two attached hydrogens (primary N) is 1. The number of aryl methyl sites for hydroxylation is 1. The SMILES string of the molecule is NCCCCc1c(-c2cccc(Oc3ccccc3)c2)[nH]c2ccc(Cl)cc12. The van der Waals surface area contributed by atoms with Crippen LogP contribution in [-0.2, 0) is 6.42 Å². The molecule has 4 rings (SSSR count). The van der Waals surface area contributed by atoms with E-state index in [9.17, 15) is 0 Å². The fraction of sp³-hybridized carbons (Fsp3) is 0.167. The molecule has 0 unspecified atom stereocenters. The van der Waals surface area contributed by atoms with Crippen LogP contribution in [0.2, 0.25) is 5.02 Å². The molecule has 0 amide bonds. The van der Waals surface area contributed by atoms with Crippen molar-refractivity contribution in [2.24, 2.45) is 5.73 Å². The van der Waals surface area contributed by atoms with Gasteiger partial charge in [0.2, 0.25) is 0 Å². The van der Waals surface area contributed by atoms with Gasteiger partial charge in [0.1, 0.15) is 11.5 Å². The zero-order chi connectivity index (χ0) is 19.3. The van der Waals surface area contributed by atoms with Crippen molar-refractivity contribution in [3.8, 4) is 22.8 Å². The van der Waals surface area contributed by atoms with Crippen molar-refractivity contribution >= 4 is 22.5 Å². The normalized spacial score (nSPS) is 11.1. The predicted molar refractivity (Wildman–Crippen MR) is 117 cm³/mol. The summed E-state index contributed by atoms with van der Waals surface area (Å²) in [6, 6.07) is 24.0. The summed E-state index contributed by atoms with van der Waals surface area (Å²) < 4.78 is 6.02. The molecule has 3 nitrogen and oxygen atoms in total. The Balaban J connectivity index is 1.73. The first-order valence-electron chi connectivity index (χ1n) is 9.58. The summed E-state index contributed by atoms with van der Waals surface area (Å²) in [5.41, 5.74) is 10.3. The molecular weight excluding hydrogens is 368 g/mol. The van der Waals surface area contributed by atoms with Crippen molar-refractivity contribution in [2.45, 2.75) is 19.3 Å². The van der Waals surface area contributed by atoms with Gasteiger partial charge in [-0.05, 0) is 73.8 Å². The number of halogens is 1. The van der Waals surface area contributed by atoms with Crippen molar-refractivity contribution < 1.29 is 4.74 Å². The molecule has 0 aliphatic carbocycles. The fourth-order valence-corrected chi connectivity index (χ4v) is 3.68. The molecule has 0 atom stereocenters. The number of rotatable bonds is 7. The minimum Gasteiger partial charge on any atom is -0.457 e. The van der Waals surface area contributed by atoms with E-state index in [-0.39, 0.29) is 0 Å². The summed E-state index contributed by atoms with van der Waals surface area (Å²) in [4.78, 5) is 3.58. The third kappa shape index (κ3) is 4.06. The van der Waals surface area contributed by atoms with Crippen LogP contribution in [0.4, 0.5) is 0 Å². The second-order valence-electron chi connectivity index (χ2n) is 6.86. The lowest BCUT2D eigenvalue weighted by Gasteiger charge is -2.09. The molecule has 0 spiro atoms. The molecule has 3 aromatic carbocycles. The Bertz CT molecular complexity index is 1070. The average Bonchev–Trinajstić information content (AvgIpc) is 3.07. The Labute approximate surface area is 170 Å². The van der Waals surface area contributed by atoms with Crippen LogP contribution in [-0.4, -0.2) is 11.5 Å². The number of fused-ring (bicyclic) bond motifs is 1. The maximum absolute atomic E-state index is 6.27. The van der Waals surface area contributed by atoms with Crippen molar-refractivity contribution in [3.05, 3.63) is 83.4 Å². The van der Waals surface area contributed by atoms with Gasteiger partial charge >= 0.3 is 0 Å². The summed E-state index contributed by atoms with van der Waals surface area (Å²) in [5.74, 6) is 1.64. The largest absolute Gasteiger partial charge is 0.457 e. The van der Waals surface area contributed by atoms with Crippen molar-refractivity contribution in [2.75, 3.05) is 6.54 Å². The highest BCUT2D eigenvalue weighted by Crippen LogP contribution is 2.35. The minimum atomic E-state index is 0.707. The molecule has 4 aromatic rings. The Morgan fingerprint density at radius 1 is 0.857 bits per heavy atom. The van der Waals surface area contributed by atoms with Crippen LogP contribution in [0.25, 0.3) is 22.2 Å². The number of benzene rings is 3. The quantitative estimate of drug-likeness (QED) is 0.351. The molecule has 0 fully saturated rings. The zero-order valence-corrected chi connectivity index (χ0v) is 16.4. The molecular formula is C24H23ClN2O. The second-order valence-corrected chi connectivity index (χ2v) is 7.29. The lowest BCUT2D eigenvalue weighted by Crippen LogP contribution is -1.99. The predicted octanol–water partition coefficient (Wildman–Crippen LogP) is 6.56. The molecule has 4 heteroatoms. The lowest BCUT2D eigenvalue weighted by molar-refractivity contribution is 0.483. The van der Waals surface area contributed by atoms with Crippen LogP contribution in [0.5, 0.6) is 11.5 Å². The number of nitrogens with one attached hydrogen (secondary N) is 1. The van der Waals surface area contributed by atoms with E-state index >= 15 is 0 Å². The summed E-state index contributed by atoms with van der Waals surface area (Å²) in [6.45, 7) is 0.707. The maximum Gasteiger partial charge on any atom is 0.128 e. The highest BCUT2D eigenvalue weighted by molar-refractivity contribution is 6.31. The van der Waals surface area contributed by atoms with Crippen LogP contribution in [0.15, 0.2) is 72.8 Å². The zero-order valence-electron chi connectivity index (χ0n) is 15.6. The highest BCUT2D eigenvalue weighted by atomic mass is 35.5. The molecule has 28 heavy (non-hydrogen) atoms. The van der Waals surface area contributed by atoms with Gasteiger partial charge in [-0.25, -0.2) is 0 Å². The molecule has 1 heterocycles. The third-order valence-electron chi connectivity index (χ3n) is 4.85. The van der Waals surface area contributed by atoms with Gasteiger partial charge in [0.15, 0.2) is 0 Å². The van der Waals surface area contributed by atoms with E-state index in [0.717, 1.165) is 52.6 Å². The topological polar surface area (TPSA) is 51.0 Å². The Morgan fingerprint density at radius 3 is 2.50 bits per heavy atom. The van der Waals surface area contributed by atoms with Gasteiger partial charge in [0, 0.05) is 27.2 Å². The van der Waals surface area contributed by atoms with Crippen molar-refractivity contribution in [1.82, 2.24) is 4.98 Å². The molecule has 1 aromatic heterocycles. The van der Waals surface area contributed by atoms with Crippen LogP contribution < -0.4 is 10.5 Å². The number of H-pyrrole nitrogens is 1. The molecule has 142 valence electrons. The summed E-state index contributed by atoms with van der Waals surface area (Å²) >= 11 is 6.27. The smallest absolute Gasteiger partial charge is 0.128 e. The highest BCUT2D eigenvalue weighted by Gasteiger charge is 2.14. The molecule has 0 saturated heterocycles. The van der Waals surface area contributed by atoms with Gasteiger partial charge in [-0.2, -0.15) is 0 Å². The number of hydrogen-bond acceptors (Lipinski definition) is 2. The number of hydrogen-bond donors (Lipinski definition) is 2. The first-order chi connectivity index (χ1) is 13.7. The van der Waals surface area contributed by atoms with Gasteiger partial charge in [0.05, 0.1) is 0 Å². The number of unbranched alkanes of at least 4 members (excludes halogenated alkanes) is 1. The summed E-state index contributed by atoms with van der Waals surface area (Å²) in [7, 11) is 0.